The zero-order valence-electron chi connectivity index (χ0n) is 11.1. The van der Waals surface area contributed by atoms with E-state index in [2.05, 4.69) is 5.32 Å². The summed E-state index contributed by atoms with van der Waals surface area (Å²) in [5, 5.41) is 3.15. The van der Waals surface area contributed by atoms with E-state index in [1.54, 1.807) is 7.11 Å². The Balaban J connectivity index is 2.68. The number of ether oxygens (including phenoxy) is 1. The van der Waals surface area contributed by atoms with Crippen molar-refractivity contribution in [3.63, 3.8) is 0 Å². The molecule has 0 aliphatic heterocycles. The number of nitrogens with one attached hydrogen (secondary N) is 1. The lowest BCUT2D eigenvalue weighted by Gasteiger charge is -2.17. The molecule has 0 saturated carbocycles. The molecule has 0 aromatic heterocycles. The van der Waals surface area contributed by atoms with Crippen LogP contribution in [0.4, 0.5) is 0 Å². The normalized spacial score (nSPS) is 13.3. The molecule has 0 aliphatic rings. The van der Waals surface area contributed by atoms with Crippen LogP contribution >= 0.6 is 0 Å². The largest absolute Gasteiger partial charge is 0.496 e. The summed E-state index contributed by atoms with van der Waals surface area (Å²) in [5.74, 6) is 1.05. The minimum atomic E-state index is -2.91. The molecule has 0 amide bonds. The van der Waals surface area contributed by atoms with Gasteiger partial charge >= 0.3 is 0 Å². The SMILES string of the molecule is CNC(CCS(C)(=O)=O)Cc1ccccc1OC. The average molecular weight is 271 g/mol. The lowest BCUT2D eigenvalue weighted by molar-refractivity contribution is 0.405. The molecule has 0 spiro atoms. The molecule has 1 aromatic carbocycles. The fourth-order valence-electron chi connectivity index (χ4n) is 1.84. The molecule has 1 unspecified atom stereocenters. The van der Waals surface area contributed by atoms with Gasteiger partial charge in [0.1, 0.15) is 15.6 Å². The van der Waals surface area contributed by atoms with Gasteiger partial charge < -0.3 is 10.1 Å². The second kappa shape index (κ2) is 6.75. The van der Waals surface area contributed by atoms with Gasteiger partial charge in [0.05, 0.1) is 12.9 Å². The third-order valence-corrected chi connectivity index (χ3v) is 3.88. The Labute approximate surface area is 109 Å². The van der Waals surface area contributed by atoms with E-state index < -0.39 is 9.84 Å². The van der Waals surface area contributed by atoms with Gasteiger partial charge in [0.15, 0.2) is 0 Å². The average Bonchev–Trinajstić information content (AvgIpc) is 2.33. The molecule has 0 aliphatic carbocycles. The maximum absolute atomic E-state index is 11.2. The van der Waals surface area contributed by atoms with Crippen molar-refractivity contribution in [3.8, 4) is 5.75 Å². The third kappa shape index (κ3) is 5.06. The predicted molar refractivity (Wildman–Crippen MR) is 73.9 cm³/mol. The Kier molecular flexibility index (Phi) is 5.62. The molecular weight excluding hydrogens is 250 g/mol. The molecule has 4 nitrogen and oxygen atoms in total. The first-order valence-electron chi connectivity index (χ1n) is 5.93. The quantitative estimate of drug-likeness (QED) is 0.811. The van der Waals surface area contributed by atoms with Crippen molar-refractivity contribution in [1.82, 2.24) is 5.32 Å². The summed E-state index contributed by atoms with van der Waals surface area (Å²) in [7, 11) is 0.584. The predicted octanol–water partition coefficient (Wildman–Crippen LogP) is 1.26. The van der Waals surface area contributed by atoms with Gasteiger partial charge in [-0.2, -0.15) is 0 Å². The fraction of sp³-hybridized carbons (Fsp3) is 0.538. The standard InChI is InChI=1S/C13H21NO3S/c1-14-12(8-9-18(3,15)16)10-11-6-4-5-7-13(11)17-2/h4-7,12,14H,8-10H2,1-3H3. The van der Waals surface area contributed by atoms with Crippen LogP contribution < -0.4 is 10.1 Å². The van der Waals surface area contributed by atoms with Crippen LogP contribution in [0.2, 0.25) is 0 Å². The van der Waals surface area contributed by atoms with Crippen LogP contribution in [-0.4, -0.2) is 40.6 Å². The van der Waals surface area contributed by atoms with Crippen molar-refractivity contribution in [2.45, 2.75) is 18.9 Å². The Morgan fingerprint density at radius 1 is 1.33 bits per heavy atom. The number of sulfone groups is 1. The van der Waals surface area contributed by atoms with Crippen molar-refractivity contribution in [2.75, 3.05) is 26.2 Å². The van der Waals surface area contributed by atoms with Crippen LogP contribution in [0, 0.1) is 0 Å². The number of hydrogen-bond acceptors (Lipinski definition) is 4. The Hall–Kier alpha value is -1.07. The molecule has 102 valence electrons. The van der Waals surface area contributed by atoms with Gasteiger partial charge in [-0.1, -0.05) is 18.2 Å². The van der Waals surface area contributed by atoms with Crippen LogP contribution in [0.3, 0.4) is 0 Å². The highest BCUT2D eigenvalue weighted by Crippen LogP contribution is 2.19. The summed E-state index contributed by atoms with van der Waals surface area (Å²) in [6, 6.07) is 7.94. The summed E-state index contributed by atoms with van der Waals surface area (Å²) in [4.78, 5) is 0. The number of benzene rings is 1. The van der Waals surface area contributed by atoms with E-state index in [9.17, 15) is 8.42 Å². The van der Waals surface area contributed by atoms with E-state index in [0.29, 0.717) is 6.42 Å². The zero-order chi connectivity index (χ0) is 13.6. The van der Waals surface area contributed by atoms with Crippen molar-refractivity contribution in [3.05, 3.63) is 29.8 Å². The molecule has 5 heteroatoms. The summed E-state index contributed by atoms with van der Waals surface area (Å²) in [5.41, 5.74) is 1.09. The lowest BCUT2D eigenvalue weighted by atomic mass is 10.0. The maximum Gasteiger partial charge on any atom is 0.147 e. The summed E-state index contributed by atoms with van der Waals surface area (Å²) in [6.45, 7) is 0. The van der Waals surface area contributed by atoms with E-state index >= 15 is 0 Å². The second-order valence-electron chi connectivity index (χ2n) is 4.42. The van der Waals surface area contributed by atoms with E-state index in [1.807, 2.05) is 31.3 Å². The monoisotopic (exact) mass is 271 g/mol. The highest BCUT2D eigenvalue weighted by Gasteiger charge is 2.13. The molecule has 0 bridgehead atoms. The van der Waals surface area contributed by atoms with Gasteiger partial charge in [-0.3, -0.25) is 0 Å². The summed E-state index contributed by atoms with van der Waals surface area (Å²) < 4.78 is 27.6. The van der Waals surface area contributed by atoms with Crippen molar-refractivity contribution in [1.29, 1.82) is 0 Å². The zero-order valence-corrected chi connectivity index (χ0v) is 12.0. The van der Waals surface area contributed by atoms with Gasteiger partial charge in [-0.25, -0.2) is 8.42 Å². The lowest BCUT2D eigenvalue weighted by Crippen LogP contribution is -2.30. The molecule has 0 heterocycles. The van der Waals surface area contributed by atoms with Gasteiger partial charge in [-0.05, 0) is 31.5 Å². The molecule has 0 fully saturated rings. The number of hydrogen-bond donors (Lipinski definition) is 1. The van der Waals surface area contributed by atoms with Crippen LogP contribution in [0.5, 0.6) is 5.75 Å². The van der Waals surface area contributed by atoms with E-state index in [-0.39, 0.29) is 11.8 Å². The number of para-hydroxylation sites is 1. The molecular formula is C13H21NO3S. The van der Waals surface area contributed by atoms with E-state index in [0.717, 1.165) is 17.7 Å². The first-order chi connectivity index (χ1) is 8.46. The Morgan fingerprint density at radius 2 is 2.00 bits per heavy atom. The smallest absolute Gasteiger partial charge is 0.147 e. The molecule has 0 saturated heterocycles. The van der Waals surface area contributed by atoms with Crippen molar-refractivity contribution >= 4 is 9.84 Å². The third-order valence-electron chi connectivity index (χ3n) is 2.90. The van der Waals surface area contributed by atoms with Crippen LogP contribution in [0.1, 0.15) is 12.0 Å². The number of rotatable bonds is 7. The summed E-state index contributed by atoms with van der Waals surface area (Å²) >= 11 is 0. The molecule has 1 aromatic rings. The van der Waals surface area contributed by atoms with Crippen LogP contribution in [-0.2, 0) is 16.3 Å². The molecule has 1 rings (SSSR count). The fourth-order valence-corrected chi connectivity index (χ4v) is 2.55. The summed E-state index contributed by atoms with van der Waals surface area (Å²) in [6.07, 6.45) is 2.63. The number of likely N-dealkylation sites (N-methyl/N-ethyl adjacent to an activating group) is 1. The first kappa shape index (κ1) is 15.0. The first-order valence-corrected chi connectivity index (χ1v) is 7.99. The number of methoxy groups -OCH3 is 1. The molecule has 1 N–H and O–H groups in total. The molecule has 0 radical (unpaired) electrons. The van der Waals surface area contributed by atoms with Gasteiger partial charge in [0, 0.05) is 12.3 Å². The highest BCUT2D eigenvalue weighted by atomic mass is 32.2. The minimum absolute atomic E-state index is 0.135. The Bertz CT molecular complexity index is 471. The van der Waals surface area contributed by atoms with E-state index in [4.69, 9.17) is 4.74 Å². The van der Waals surface area contributed by atoms with Gasteiger partial charge in [0.25, 0.3) is 0 Å². The minimum Gasteiger partial charge on any atom is -0.496 e. The Morgan fingerprint density at radius 3 is 2.56 bits per heavy atom. The highest BCUT2D eigenvalue weighted by molar-refractivity contribution is 7.90. The van der Waals surface area contributed by atoms with Crippen molar-refractivity contribution < 1.29 is 13.2 Å². The van der Waals surface area contributed by atoms with Crippen LogP contribution in [0.25, 0.3) is 0 Å². The van der Waals surface area contributed by atoms with Crippen LogP contribution in [0.15, 0.2) is 24.3 Å². The molecule has 18 heavy (non-hydrogen) atoms. The van der Waals surface area contributed by atoms with Gasteiger partial charge in [0.2, 0.25) is 0 Å². The van der Waals surface area contributed by atoms with Crippen molar-refractivity contribution in [2.24, 2.45) is 0 Å². The topological polar surface area (TPSA) is 55.4 Å². The molecule has 1 atom stereocenters. The maximum atomic E-state index is 11.2. The van der Waals surface area contributed by atoms with Gasteiger partial charge in [-0.15, -0.1) is 0 Å². The second-order valence-corrected chi connectivity index (χ2v) is 6.68. The van der Waals surface area contributed by atoms with E-state index in [1.165, 1.54) is 6.26 Å².